The van der Waals surface area contributed by atoms with Gasteiger partial charge >= 0.3 is 0 Å². The minimum atomic E-state index is -0.0890. The van der Waals surface area contributed by atoms with Crippen LogP contribution in [0.2, 0.25) is 0 Å². The first kappa shape index (κ1) is 20.4. The van der Waals surface area contributed by atoms with E-state index in [2.05, 4.69) is 48.0 Å². The van der Waals surface area contributed by atoms with Gasteiger partial charge in [0.25, 0.3) is 0 Å². The third-order valence-corrected chi connectivity index (χ3v) is 7.72. The summed E-state index contributed by atoms with van der Waals surface area (Å²) < 4.78 is 0. The number of piperidine rings is 1. The number of nitrogens with one attached hydrogen (secondary N) is 1. The fourth-order valence-corrected chi connectivity index (χ4v) is 6.12. The number of nitrogens with zero attached hydrogens (tertiary/aromatic N) is 2. The Bertz CT molecular complexity index is 876. The van der Waals surface area contributed by atoms with Crippen molar-refractivity contribution in [1.29, 1.82) is 0 Å². The number of aliphatic hydroxyl groups excluding tert-OH is 1. The fraction of sp³-hybridized carbons (Fsp3) is 0.625. The minimum absolute atomic E-state index is 0.0210. The molecular weight excluding hydrogens is 362 g/mol. The summed E-state index contributed by atoms with van der Waals surface area (Å²) in [4.78, 5) is 21.7. The molecule has 1 fully saturated rings. The van der Waals surface area contributed by atoms with Crippen LogP contribution in [0.4, 0.5) is 0 Å². The van der Waals surface area contributed by atoms with Crippen LogP contribution in [0.3, 0.4) is 0 Å². The van der Waals surface area contributed by atoms with E-state index >= 15 is 0 Å². The third-order valence-electron chi connectivity index (χ3n) is 7.72. The molecule has 1 aromatic carbocycles. The molecule has 5 nitrogen and oxygen atoms in total. The maximum atomic E-state index is 13.5. The predicted molar refractivity (Wildman–Crippen MR) is 117 cm³/mol. The van der Waals surface area contributed by atoms with Crippen molar-refractivity contribution in [2.24, 2.45) is 11.3 Å². The van der Waals surface area contributed by atoms with Crippen molar-refractivity contribution in [3.63, 3.8) is 0 Å². The van der Waals surface area contributed by atoms with Gasteiger partial charge in [-0.15, -0.1) is 0 Å². The van der Waals surface area contributed by atoms with E-state index in [0.717, 1.165) is 38.8 Å². The molecule has 0 aliphatic carbocycles. The summed E-state index contributed by atoms with van der Waals surface area (Å²) in [6.45, 7) is 9.65. The number of fused-ring (bicyclic) bond motifs is 5. The molecular formula is C24H35N3O2. The number of rotatable bonds is 6. The molecule has 2 aromatic rings. The highest BCUT2D eigenvalue weighted by Crippen LogP contribution is 2.55. The quantitative estimate of drug-likeness (QED) is 0.781. The highest BCUT2D eigenvalue weighted by Gasteiger charge is 2.52. The maximum absolute atomic E-state index is 13.5. The van der Waals surface area contributed by atoms with Crippen LogP contribution in [-0.4, -0.2) is 58.6 Å². The van der Waals surface area contributed by atoms with Crippen LogP contribution >= 0.6 is 0 Å². The molecule has 2 aliphatic heterocycles. The lowest BCUT2D eigenvalue weighted by Gasteiger charge is -2.54. The number of aliphatic hydroxyl groups is 1. The van der Waals surface area contributed by atoms with Gasteiger partial charge in [0.1, 0.15) is 0 Å². The van der Waals surface area contributed by atoms with Crippen LogP contribution in [0, 0.1) is 11.3 Å². The number of carbonyl (C=O) groups is 1. The van der Waals surface area contributed by atoms with Crippen molar-refractivity contribution in [1.82, 2.24) is 14.8 Å². The summed E-state index contributed by atoms with van der Waals surface area (Å²) >= 11 is 0. The van der Waals surface area contributed by atoms with Crippen LogP contribution in [-0.2, 0) is 11.2 Å². The average molecular weight is 398 g/mol. The summed E-state index contributed by atoms with van der Waals surface area (Å²) in [5.41, 5.74) is 3.91. The molecule has 0 spiro atoms. The molecule has 5 heteroatoms. The first-order valence-electron chi connectivity index (χ1n) is 11.3. The molecule has 3 atom stereocenters. The summed E-state index contributed by atoms with van der Waals surface area (Å²) in [5, 5.41) is 10.8. The zero-order chi connectivity index (χ0) is 20.6. The molecule has 2 aliphatic rings. The normalized spacial score (nSPS) is 25.4. The molecule has 1 saturated heterocycles. The Morgan fingerprint density at radius 3 is 2.86 bits per heavy atom. The fourth-order valence-electron chi connectivity index (χ4n) is 6.12. The van der Waals surface area contributed by atoms with E-state index in [9.17, 15) is 9.90 Å². The van der Waals surface area contributed by atoms with E-state index in [0.29, 0.717) is 13.1 Å². The number of amides is 1. The van der Waals surface area contributed by atoms with E-state index in [1.807, 2.05) is 11.8 Å². The third kappa shape index (κ3) is 3.19. The standard InChI is InChI=1S/C24H35N3O2/c1-4-24(17(3)23(29)26(5-2)15-16-28)12-8-13-27-14-11-19-18-9-6-7-10-20(18)25-21(19)22(24)27/h6-7,9-10,17,22,25,28H,4-5,8,11-16H2,1-3H3/t17?,22-,24+/m1/s1. The first-order chi connectivity index (χ1) is 14.1. The van der Waals surface area contributed by atoms with Crippen LogP contribution in [0.1, 0.15) is 57.3 Å². The zero-order valence-electron chi connectivity index (χ0n) is 18.1. The number of aromatic nitrogens is 1. The largest absolute Gasteiger partial charge is 0.395 e. The van der Waals surface area contributed by atoms with Gasteiger partial charge in [-0.1, -0.05) is 32.0 Å². The number of H-pyrrole nitrogens is 1. The van der Waals surface area contributed by atoms with Crippen molar-refractivity contribution in [2.75, 3.05) is 32.8 Å². The van der Waals surface area contributed by atoms with Crippen molar-refractivity contribution in [2.45, 2.75) is 52.5 Å². The number of likely N-dealkylation sites (N-methyl/N-ethyl adjacent to an activating group) is 1. The molecule has 1 amide bonds. The predicted octanol–water partition coefficient (Wildman–Crippen LogP) is 3.73. The summed E-state index contributed by atoms with van der Waals surface area (Å²) in [7, 11) is 0. The van der Waals surface area contributed by atoms with Crippen LogP contribution in [0.15, 0.2) is 24.3 Å². The van der Waals surface area contributed by atoms with Gasteiger partial charge in [-0.2, -0.15) is 0 Å². The SMILES string of the molecule is CCN(CCO)C(=O)C(C)[C@]1(CC)CCCN2CCc3c([nH]c4ccccc34)[C@@H]21. The topological polar surface area (TPSA) is 59.6 Å². The van der Waals surface area contributed by atoms with Crippen LogP contribution < -0.4 is 0 Å². The molecule has 0 radical (unpaired) electrons. The second kappa shape index (κ2) is 8.11. The highest BCUT2D eigenvalue weighted by atomic mass is 16.3. The van der Waals surface area contributed by atoms with E-state index in [1.54, 1.807) is 0 Å². The van der Waals surface area contributed by atoms with Gasteiger partial charge in [-0.3, -0.25) is 9.69 Å². The Morgan fingerprint density at radius 1 is 1.34 bits per heavy atom. The van der Waals surface area contributed by atoms with Crippen molar-refractivity contribution in [3.8, 4) is 0 Å². The number of hydrogen-bond donors (Lipinski definition) is 2. The lowest BCUT2D eigenvalue weighted by molar-refractivity contribution is -0.145. The second-order valence-corrected chi connectivity index (χ2v) is 8.80. The zero-order valence-corrected chi connectivity index (χ0v) is 18.1. The lowest BCUT2D eigenvalue weighted by atomic mass is 9.61. The smallest absolute Gasteiger partial charge is 0.226 e. The molecule has 1 aromatic heterocycles. The van der Waals surface area contributed by atoms with E-state index < -0.39 is 0 Å². The highest BCUT2D eigenvalue weighted by molar-refractivity contribution is 5.85. The number of aromatic amines is 1. The Labute approximate surface area is 174 Å². The van der Waals surface area contributed by atoms with Crippen LogP contribution in [0.25, 0.3) is 10.9 Å². The Morgan fingerprint density at radius 2 is 2.14 bits per heavy atom. The summed E-state index contributed by atoms with van der Waals surface area (Å²) in [6.07, 6.45) is 4.27. The molecule has 3 heterocycles. The molecule has 2 N–H and O–H groups in total. The van der Waals surface area contributed by atoms with Gasteiger partial charge in [0.15, 0.2) is 0 Å². The summed E-state index contributed by atoms with van der Waals surface area (Å²) in [5.74, 6) is 0.109. The van der Waals surface area contributed by atoms with E-state index in [-0.39, 0.29) is 29.9 Å². The van der Waals surface area contributed by atoms with E-state index in [1.165, 1.54) is 22.2 Å². The Balaban J connectivity index is 1.79. The van der Waals surface area contributed by atoms with Crippen molar-refractivity contribution >= 4 is 16.8 Å². The summed E-state index contributed by atoms with van der Waals surface area (Å²) in [6, 6.07) is 8.87. The molecule has 158 valence electrons. The van der Waals surface area contributed by atoms with Gasteiger partial charge in [-0.25, -0.2) is 0 Å². The number of carbonyl (C=O) groups excluding carboxylic acids is 1. The van der Waals surface area contributed by atoms with Crippen molar-refractivity contribution < 1.29 is 9.90 Å². The Hall–Kier alpha value is -1.85. The van der Waals surface area contributed by atoms with Gasteiger partial charge in [-0.05, 0) is 50.8 Å². The van der Waals surface area contributed by atoms with Gasteiger partial charge in [0, 0.05) is 47.6 Å². The second-order valence-electron chi connectivity index (χ2n) is 8.80. The molecule has 0 saturated carbocycles. The molecule has 29 heavy (non-hydrogen) atoms. The van der Waals surface area contributed by atoms with Crippen LogP contribution in [0.5, 0.6) is 0 Å². The molecule has 1 unspecified atom stereocenters. The van der Waals surface area contributed by atoms with Gasteiger partial charge < -0.3 is 15.0 Å². The number of hydrogen-bond acceptors (Lipinski definition) is 3. The van der Waals surface area contributed by atoms with Gasteiger partial charge in [0.05, 0.1) is 12.6 Å². The van der Waals surface area contributed by atoms with Gasteiger partial charge in [0.2, 0.25) is 5.91 Å². The monoisotopic (exact) mass is 397 g/mol. The molecule has 4 rings (SSSR count). The number of benzene rings is 1. The lowest BCUT2D eigenvalue weighted by Crippen LogP contribution is -2.55. The van der Waals surface area contributed by atoms with E-state index in [4.69, 9.17) is 0 Å². The van der Waals surface area contributed by atoms with Crippen molar-refractivity contribution in [3.05, 3.63) is 35.5 Å². The molecule has 0 bridgehead atoms. The average Bonchev–Trinajstić information content (AvgIpc) is 3.14. The maximum Gasteiger partial charge on any atom is 0.226 e. The minimum Gasteiger partial charge on any atom is -0.395 e. The number of para-hydroxylation sites is 1. The Kier molecular flexibility index (Phi) is 5.71. The first-order valence-corrected chi connectivity index (χ1v) is 11.3.